The third-order valence-electron chi connectivity index (χ3n) is 4.11. The lowest BCUT2D eigenvalue weighted by atomic mass is 10.1. The molecule has 0 atom stereocenters. The Bertz CT molecular complexity index is 1100. The van der Waals surface area contributed by atoms with Crippen LogP contribution in [0.5, 0.6) is 5.75 Å². The highest BCUT2D eigenvalue weighted by Gasteiger charge is 2.18. The molecule has 4 aromatic rings. The van der Waals surface area contributed by atoms with Crippen LogP contribution in [0, 0.1) is 0 Å². The second-order valence-corrected chi connectivity index (χ2v) is 6.34. The summed E-state index contributed by atoms with van der Waals surface area (Å²) in [6.07, 6.45) is 4.92. The smallest absolute Gasteiger partial charge is 0.196 e. The van der Waals surface area contributed by atoms with E-state index in [9.17, 15) is 9.90 Å². The van der Waals surface area contributed by atoms with Crippen molar-refractivity contribution in [2.24, 2.45) is 0 Å². The Morgan fingerprint density at radius 3 is 2.50 bits per heavy atom. The van der Waals surface area contributed by atoms with Crippen LogP contribution in [0.25, 0.3) is 11.2 Å². The molecule has 0 fully saturated rings. The number of carbonyl (C=O) groups is 1. The van der Waals surface area contributed by atoms with Gasteiger partial charge >= 0.3 is 0 Å². The van der Waals surface area contributed by atoms with E-state index in [1.807, 2.05) is 24.5 Å². The Hall–Kier alpha value is -3.18. The molecule has 0 bridgehead atoms. The van der Waals surface area contributed by atoms with E-state index in [0.29, 0.717) is 33.9 Å². The maximum Gasteiger partial charge on any atom is 0.196 e. The number of aromatic hydroxyl groups is 1. The van der Waals surface area contributed by atoms with E-state index < -0.39 is 0 Å². The predicted octanol–water partition coefficient (Wildman–Crippen LogP) is 5.10. The van der Waals surface area contributed by atoms with Gasteiger partial charge in [-0.25, -0.2) is 4.98 Å². The summed E-state index contributed by atoms with van der Waals surface area (Å²) in [6, 6.07) is 13.7. The molecule has 0 aliphatic carbocycles. The van der Waals surface area contributed by atoms with E-state index in [1.54, 1.807) is 61.1 Å². The van der Waals surface area contributed by atoms with E-state index in [2.05, 4.69) is 9.97 Å². The van der Waals surface area contributed by atoms with Crippen LogP contribution >= 0.6 is 11.6 Å². The van der Waals surface area contributed by atoms with Crippen LogP contribution in [0.15, 0.2) is 67.1 Å². The number of rotatable bonds is 4. The first kappa shape index (κ1) is 19.6. The average Bonchev–Trinajstić information content (AvgIpc) is 3.08. The number of carbonyl (C=O) groups excluding carboxylic acids is 1. The molecule has 0 radical (unpaired) electrons. The number of hydrogen-bond acceptors (Lipinski definition) is 4. The normalized spacial score (nSPS) is 10.4. The minimum absolute atomic E-state index is 0.137. The van der Waals surface area contributed by atoms with Crippen LogP contribution in [0.4, 0.5) is 0 Å². The van der Waals surface area contributed by atoms with E-state index >= 15 is 0 Å². The van der Waals surface area contributed by atoms with Crippen molar-refractivity contribution >= 4 is 28.5 Å². The second-order valence-electron chi connectivity index (χ2n) is 5.91. The highest BCUT2D eigenvalue weighted by Crippen LogP contribution is 2.23. The summed E-state index contributed by atoms with van der Waals surface area (Å²) >= 11 is 5.91. The van der Waals surface area contributed by atoms with Gasteiger partial charge in [0, 0.05) is 35.7 Å². The van der Waals surface area contributed by atoms with Gasteiger partial charge in [0.25, 0.3) is 0 Å². The van der Waals surface area contributed by atoms with Crippen molar-refractivity contribution in [1.82, 2.24) is 14.5 Å². The van der Waals surface area contributed by atoms with Crippen molar-refractivity contribution in [3.05, 3.63) is 88.8 Å². The molecule has 2 heterocycles. The number of nitrogens with zero attached hydrogens (tertiary/aromatic N) is 3. The molecule has 0 spiro atoms. The van der Waals surface area contributed by atoms with E-state index in [-0.39, 0.29) is 11.5 Å². The molecule has 0 amide bonds. The van der Waals surface area contributed by atoms with Crippen LogP contribution in [-0.4, -0.2) is 25.4 Å². The SMILES string of the molecule is CC.O=C(c1ccc(Cl)cc1)c1cn(Cc2cccc(O)c2)c2nccnc12. The first-order chi connectivity index (χ1) is 13.6. The molecule has 4 rings (SSSR count). The maximum atomic E-state index is 12.9. The number of benzene rings is 2. The minimum atomic E-state index is -0.137. The zero-order valence-electron chi connectivity index (χ0n) is 15.6. The van der Waals surface area contributed by atoms with E-state index in [0.717, 1.165) is 5.56 Å². The number of ketones is 1. The first-order valence-corrected chi connectivity index (χ1v) is 9.37. The van der Waals surface area contributed by atoms with Crippen LogP contribution in [-0.2, 0) is 6.54 Å². The third-order valence-corrected chi connectivity index (χ3v) is 4.36. The van der Waals surface area contributed by atoms with Gasteiger partial charge in [0.15, 0.2) is 11.4 Å². The third kappa shape index (κ3) is 4.05. The lowest BCUT2D eigenvalue weighted by molar-refractivity contribution is 0.104. The number of phenols is 1. The van der Waals surface area contributed by atoms with Crippen molar-refractivity contribution in [2.45, 2.75) is 20.4 Å². The quantitative estimate of drug-likeness (QED) is 0.490. The summed E-state index contributed by atoms with van der Waals surface area (Å²) in [6.45, 7) is 4.47. The maximum absolute atomic E-state index is 12.9. The zero-order chi connectivity index (χ0) is 20.1. The van der Waals surface area contributed by atoms with Crippen LogP contribution in [0.2, 0.25) is 5.02 Å². The lowest BCUT2D eigenvalue weighted by Gasteiger charge is -2.05. The summed E-state index contributed by atoms with van der Waals surface area (Å²) in [7, 11) is 0. The topological polar surface area (TPSA) is 68.0 Å². The first-order valence-electron chi connectivity index (χ1n) is 9.00. The van der Waals surface area contributed by atoms with Crippen molar-refractivity contribution in [3.8, 4) is 5.75 Å². The molecular formula is C22H20ClN3O2. The molecule has 0 aliphatic heterocycles. The van der Waals surface area contributed by atoms with Crippen LogP contribution in [0.1, 0.15) is 35.3 Å². The fourth-order valence-corrected chi connectivity index (χ4v) is 3.03. The lowest BCUT2D eigenvalue weighted by Crippen LogP contribution is -2.01. The fourth-order valence-electron chi connectivity index (χ4n) is 2.90. The monoisotopic (exact) mass is 393 g/mol. The van der Waals surface area contributed by atoms with Gasteiger partial charge in [-0.15, -0.1) is 0 Å². The second kappa shape index (κ2) is 8.67. The summed E-state index contributed by atoms with van der Waals surface area (Å²) in [5.41, 5.74) is 3.09. The zero-order valence-corrected chi connectivity index (χ0v) is 16.4. The molecule has 142 valence electrons. The number of fused-ring (bicyclic) bond motifs is 1. The van der Waals surface area contributed by atoms with Crippen molar-refractivity contribution < 1.29 is 9.90 Å². The van der Waals surface area contributed by atoms with Gasteiger partial charge in [0.1, 0.15) is 11.3 Å². The van der Waals surface area contributed by atoms with Crippen LogP contribution < -0.4 is 0 Å². The van der Waals surface area contributed by atoms with Crippen molar-refractivity contribution in [1.29, 1.82) is 0 Å². The molecule has 1 N–H and O–H groups in total. The molecule has 6 heteroatoms. The minimum Gasteiger partial charge on any atom is -0.508 e. The summed E-state index contributed by atoms with van der Waals surface area (Å²) < 4.78 is 1.86. The number of phenolic OH excluding ortho intramolecular Hbond substituents is 1. The van der Waals surface area contributed by atoms with Gasteiger partial charge in [-0.05, 0) is 42.0 Å². The molecular weight excluding hydrogens is 374 g/mol. The van der Waals surface area contributed by atoms with E-state index in [1.165, 1.54) is 0 Å². The Balaban J connectivity index is 0.00000109. The van der Waals surface area contributed by atoms with Gasteiger partial charge in [0.2, 0.25) is 0 Å². The molecule has 0 unspecified atom stereocenters. The molecule has 2 aromatic carbocycles. The number of hydrogen-bond donors (Lipinski definition) is 1. The summed E-state index contributed by atoms with van der Waals surface area (Å²) in [5, 5.41) is 10.2. The van der Waals surface area contributed by atoms with Gasteiger partial charge in [-0.3, -0.25) is 9.78 Å². The highest BCUT2D eigenvalue weighted by atomic mass is 35.5. The Morgan fingerprint density at radius 2 is 1.79 bits per heavy atom. The molecule has 0 saturated carbocycles. The molecule has 0 saturated heterocycles. The number of aromatic nitrogens is 3. The van der Waals surface area contributed by atoms with Crippen molar-refractivity contribution in [2.75, 3.05) is 0 Å². The molecule has 2 aromatic heterocycles. The largest absolute Gasteiger partial charge is 0.508 e. The van der Waals surface area contributed by atoms with Gasteiger partial charge < -0.3 is 9.67 Å². The van der Waals surface area contributed by atoms with Crippen LogP contribution in [0.3, 0.4) is 0 Å². The number of halogens is 1. The van der Waals surface area contributed by atoms with Gasteiger partial charge in [-0.1, -0.05) is 37.6 Å². The van der Waals surface area contributed by atoms with Gasteiger partial charge in [0.05, 0.1) is 5.56 Å². The Labute approximate surface area is 168 Å². The summed E-state index contributed by atoms with van der Waals surface area (Å²) in [4.78, 5) is 21.6. The molecule has 28 heavy (non-hydrogen) atoms. The van der Waals surface area contributed by atoms with Gasteiger partial charge in [-0.2, -0.15) is 0 Å². The highest BCUT2D eigenvalue weighted by molar-refractivity contribution is 6.30. The fraction of sp³-hybridized carbons (Fsp3) is 0.136. The van der Waals surface area contributed by atoms with E-state index in [4.69, 9.17) is 11.6 Å². The summed E-state index contributed by atoms with van der Waals surface area (Å²) in [5.74, 6) is 0.0596. The average molecular weight is 394 g/mol. The molecule has 5 nitrogen and oxygen atoms in total. The Kier molecular flexibility index (Phi) is 6.06. The predicted molar refractivity (Wildman–Crippen MR) is 111 cm³/mol. The Morgan fingerprint density at radius 1 is 1.07 bits per heavy atom. The van der Waals surface area contributed by atoms with Crippen molar-refractivity contribution in [3.63, 3.8) is 0 Å². The molecule has 0 aliphatic rings. The standard InChI is InChI=1S/C20H14ClN3O2.C2H6/c21-15-6-4-14(5-7-15)19(26)17-12-24(20-18(17)22-8-9-23-20)11-13-2-1-3-16(25)10-13;1-2/h1-10,12,25H,11H2;1-2H3.